The first kappa shape index (κ1) is 15.3. The van der Waals surface area contributed by atoms with Gasteiger partial charge in [-0.1, -0.05) is 23.7 Å². The average molecular weight is 284 g/mol. The van der Waals surface area contributed by atoms with Gasteiger partial charge in [-0.2, -0.15) is 0 Å². The fraction of sp³-hybridized carbons (Fsp3) is 0.385. The summed E-state index contributed by atoms with van der Waals surface area (Å²) in [5.41, 5.74) is 6.91. The molecule has 0 saturated carbocycles. The Morgan fingerprint density at radius 3 is 2.74 bits per heavy atom. The highest BCUT2D eigenvalue weighted by Crippen LogP contribution is 2.17. The number of rotatable bonds is 4. The van der Waals surface area contributed by atoms with Crippen molar-refractivity contribution in [3.8, 4) is 0 Å². The van der Waals surface area contributed by atoms with Crippen molar-refractivity contribution < 1.29 is 10.0 Å². The first-order chi connectivity index (χ1) is 8.86. The number of aryl methyl sites for hydroxylation is 1. The van der Waals surface area contributed by atoms with Crippen molar-refractivity contribution in [3.05, 3.63) is 34.3 Å². The molecule has 1 amide bonds. The Balaban J connectivity index is 2.79. The maximum atomic E-state index is 12.2. The summed E-state index contributed by atoms with van der Waals surface area (Å²) >= 11 is 5.92. The van der Waals surface area contributed by atoms with Crippen LogP contribution in [0.15, 0.2) is 23.4 Å². The van der Waals surface area contributed by atoms with Gasteiger partial charge in [0.1, 0.15) is 5.84 Å². The van der Waals surface area contributed by atoms with Crippen LogP contribution in [0.3, 0.4) is 0 Å². The Bertz CT molecular complexity index is 503. The molecule has 0 radical (unpaired) electrons. The number of nitrogens with two attached hydrogens (primary N) is 1. The third-order valence-electron chi connectivity index (χ3n) is 2.92. The van der Waals surface area contributed by atoms with E-state index in [1.807, 2.05) is 6.92 Å². The van der Waals surface area contributed by atoms with Crippen LogP contribution in [0, 0.1) is 12.8 Å². The van der Waals surface area contributed by atoms with E-state index < -0.39 is 0 Å². The quantitative estimate of drug-likeness (QED) is 0.384. The molecule has 104 valence electrons. The van der Waals surface area contributed by atoms with Gasteiger partial charge >= 0.3 is 0 Å². The van der Waals surface area contributed by atoms with Gasteiger partial charge in [-0.15, -0.1) is 0 Å². The zero-order valence-electron chi connectivity index (χ0n) is 11.2. The van der Waals surface area contributed by atoms with E-state index in [4.69, 9.17) is 22.5 Å². The van der Waals surface area contributed by atoms with E-state index in [0.717, 1.165) is 5.56 Å². The minimum atomic E-state index is -0.215. The lowest BCUT2D eigenvalue weighted by molar-refractivity contribution is 0.0786. The molecule has 1 atom stereocenters. The van der Waals surface area contributed by atoms with E-state index in [1.54, 1.807) is 32.2 Å². The van der Waals surface area contributed by atoms with Gasteiger partial charge < -0.3 is 15.8 Å². The molecule has 0 spiro atoms. The predicted octanol–water partition coefficient (Wildman–Crippen LogP) is 2.10. The van der Waals surface area contributed by atoms with E-state index in [1.165, 1.54) is 4.90 Å². The highest BCUT2D eigenvalue weighted by Gasteiger charge is 2.17. The molecule has 0 aliphatic carbocycles. The standard InChI is InChI=1S/C13H18ClN3O2/c1-8-6-10(4-5-11(8)14)13(18)17(3)7-9(2)12(15)16-19/h4-6,9,19H,7H2,1-3H3,(H2,15,16). The van der Waals surface area contributed by atoms with Crippen molar-refractivity contribution in [2.75, 3.05) is 13.6 Å². The number of hydrogen-bond acceptors (Lipinski definition) is 3. The van der Waals surface area contributed by atoms with Gasteiger partial charge in [-0.3, -0.25) is 4.79 Å². The Morgan fingerprint density at radius 2 is 2.21 bits per heavy atom. The number of oxime groups is 1. The second kappa shape index (κ2) is 6.43. The van der Waals surface area contributed by atoms with Gasteiger partial charge in [0, 0.05) is 30.1 Å². The minimum Gasteiger partial charge on any atom is -0.409 e. The number of nitrogens with zero attached hydrogens (tertiary/aromatic N) is 2. The first-order valence-corrected chi connectivity index (χ1v) is 6.23. The lowest BCUT2D eigenvalue weighted by Crippen LogP contribution is -2.36. The third kappa shape index (κ3) is 3.86. The van der Waals surface area contributed by atoms with Crippen LogP contribution in [0.5, 0.6) is 0 Å². The molecule has 19 heavy (non-hydrogen) atoms. The number of hydrogen-bond donors (Lipinski definition) is 2. The van der Waals surface area contributed by atoms with Crippen LogP contribution in [0.25, 0.3) is 0 Å². The highest BCUT2D eigenvalue weighted by molar-refractivity contribution is 6.31. The Morgan fingerprint density at radius 1 is 1.58 bits per heavy atom. The SMILES string of the molecule is Cc1cc(C(=O)N(C)CC(C)/C(N)=N/O)ccc1Cl. The van der Waals surface area contributed by atoms with Gasteiger partial charge in [-0.25, -0.2) is 0 Å². The first-order valence-electron chi connectivity index (χ1n) is 5.85. The molecule has 0 fully saturated rings. The number of carbonyl (C=O) groups excluding carboxylic acids is 1. The van der Waals surface area contributed by atoms with Crippen LogP contribution in [-0.4, -0.2) is 35.4 Å². The molecule has 0 bridgehead atoms. The molecular weight excluding hydrogens is 266 g/mol. The van der Waals surface area contributed by atoms with Gasteiger partial charge in [0.15, 0.2) is 0 Å². The third-order valence-corrected chi connectivity index (χ3v) is 3.34. The largest absolute Gasteiger partial charge is 0.409 e. The summed E-state index contributed by atoms with van der Waals surface area (Å²) in [6.07, 6.45) is 0. The molecule has 0 aliphatic heterocycles. The highest BCUT2D eigenvalue weighted by atomic mass is 35.5. The summed E-state index contributed by atoms with van der Waals surface area (Å²) in [7, 11) is 1.67. The number of halogens is 1. The molecule has 1 aromatic carbocycles. The van der Waals surface area contributed by atoms with Crippen LogP contribution in [0.1, 0.15) is 22.8 Å². The zero-order valence-corrected chi connectivity index (χ0v) is 12.0. The maximum absolute atomic E-state index is 12.2. The molecule has 5 nitrogen and oxygen atoms in total. The van der Waals surface area contributed by atoms with Gasteiger partial charge in [-0.05, 0) is 30.7 Å². The predicted molar refractivity (Wildman–Crippen MR) is 75.7 cm³/mol. The lowest BCUT2D eigenvalue weighted by atomic mass is 10.1. The van der Waals surface area contributed by atoms with Crippen molar-refractivity contribution in [2.24, 2.45) is 16.8 Å². The van der Waals surface area contributed by atoms with E-state index in [-0.39, 0.29) is 17.7 Å². The van der Waals surface area contributed by atoms with Crippen molar-refractivity contribution >= 4 is 23.3 Å². The second-order valence-electron chi connectivity index (χ2n) is 4.58. The van der Waals surface area contributed by atoms with Gasteiger partial charge in [0.2, 0.25) is 0 Å². The van der Waals surface area contributed by atoms with E-state index >= 15 is 0 Å². The van der Waals surface area contributed by atoms with E-state index in [2.05, 4.69) is 5.16 Å². The fourth-order valence-electron chi connectivity index (χ4n) is 1.68. The van der Waals surface area contributed by atoms with Crippen LogP contribution in [-0.2, 0) is 0 Å². The number of benzene rings is 1. The van der Waals surface area contributed by atoms with Crippen molar-refractivity contribution in [2.45, 2.75) is 13.8 Å². The lowest BCUT2D eigenvalue weighted by Gasteiger charge is -2.21. The van der Waals surface area contributed by atoms with Gasteiger partial charge in [0.05, 0.1) is 0 Å². The van der Waals surface area contributed by atoms with Crippen molar-refractivity contribution in [1.82, 2.24) is 4.90 Å². The zero-order chi connectivity index (χ0) is 14.6. The van der Waals surface area contributed by atoms with Crippen LogP contribution < -0.4 is 5.73 Å². The van der Waals surface area contributed by atoms with E-state index in [9.17, 15) is 4.79 Å². The number of carbonyl (C=O) groups is 1. The summed E-state index contributed by atoms with van der Waals surface area (Å²) in [6, 6.07) is 5.13. The summed E-state index contributed by atoms with van der Waals surface area (Å²) in [4.78, 5) is 13.7. The molecule has 3 N–H and O–H groups in total. The molecule has 0 aromatic heterocycles. The topological polar surface area (TPSA) is 78.9 Å². The molecule has 0 aliphatic rings. The molecule has 1 aromatic rings. The molecule has 6 heteroatoms. The summed E-state index contributed by atoms with van der Waals surface area (Å²) in [6.45, 7) is 4.00. The monoisotopic (exact) mass is 283 g/mol. The van der Waals surface area contributed by atoms with Crippen LogP contribution >= 0.6 is 11.6 Å². The van der Waals surface area contributed by atoms with Crippen molar-refractivity contribution in [1.29, 1.82) is 0 Å². The molecule has 1 unspecified atom stereocenters. The van der Waals surface area contributed by atoms with Crippen LogP contribution in [0.2, 0.25) is 5.02 Å². The summed E-state index contributed by atoms with van der Waals surface area (Å²) in [5, 5.41) is 12.2. The molecule has 0 saturated heterocycles. The average Bonchev–Trinajstić information content (AvgIpc) is 2.39. The summed E-state index contributed by atoms with van der Waals surface area (Å²) < 4.78 is 0. The van der Waals surface area contributed by atoms with Crippen molar-refractivity contribution in [3.63, 3.8) is 0 Å². The number of amidine groups is 1. The number of amides is 1. The minimum absolute atomic E-state index is 0.104. The Labute approximate surface area is 117 Å². The second-order valence-corrected chi connectivity index (χ2v) is 4.98. The van der Waals surface area contributed by atoms with Crippen LogP contribution in [0.4, 0.5) is 0 Å². The fourth-order valence-corrected chi connectivity index (χ4v) is 1.80. The van der Waals surface area contributed by atoms with Gasteiger partial charge in [0.25, 0.3) is 5.91 Å². The summed E-state index contributed by atoms with van der Waals surface area (Å²) in [5.74, 6) is -0.239. The smallest absolute Gasteiger partial charge is 0.253 e. The molecular formula is C13H18ClN3O2. The Kier molecular flexibility index (Phi) is 5.18. The molecule has 1 rings (SSSR count). The van der Waals surface area contributed by atoms with E-state index in [0.29, 0.717) is 17.1 Å². The Hall–Kier alpha value is -1.75. The molecule has 0 heterocycles. The maximum Gasteiger partial charge on any atom is 0.253 e. The normalized spacial score (nSPS) is 13.2.